The average Bonchev–Trinajstić information content (AvgIpc) is 2.49. The maximum absolute atomic E-state index is 5.92. The first-order valence-electron chi connectivity index (χ1n) is 5.94. The molecule has 0 aliphatic heterocycles. The molecule has 0 saturated heterocycles. The standard InChI is InChI=1S/C15H12N4/c16-11-5-4-10-18-15(11)14-8-3-7-13(19-14)12-6-1-2-9-17-12/h1-10H,16H2. The fourth-order valence-corrected chi connectivity index (χ4v) is 1.86. The lowest BCUT2D eigenvalue weighted by atomic mass is 10.2. The van der Waals surface area contributed by atoms with Crippen molar-refractivity contribution in [2.45, 2.75) is 0 Å². The summed E-state index contributed by atoms with van der Waals surface area (Å²) in [5.74, 6) is 0. The molecule has 0 spiro atoms. The quantitative estimate of drug-likeness (QED) is 0.757. The number of hydrogen-bond acceptors (Lipinski definition) is 4. The third kappa shape index (κ3) is 2.28. The van der Waals surface area contributed by atoms with Crippen molar-refractivity contribution in [2.24, 2.45) is 0 Å². The molecule has 19 heavy (non-hydrogen) atoms. The molecule has 0 aromatic carbocycles. The normalized spacial score (nSPS) is 10.3. The first-order chi connectivity index (χ1) is 9.34. The van der Waals surface area contributed by atoms with Crippen molar-refractivity contribution in [3.63, 3.8) is 0 Å². The zero-order chi connectivity index (χ0) is 13.1. The van der Waals surface area contributed by atoms with E-state index < -0.39 is 0 Å². The summed E-state index contributed by atoms with van der Waals surface area (Å²) in [5, 5.41) is 0. The topological polar surface area (TPSA) is 64.7 Å². The number of aromatic nitrogens is 3. The summed E-state index contributed by atoms with van der Waals surface area (Å²) in [6.45, 7) is 0. The Bertz CT molecular complexity index is 695. The van der Waals surface area contributed by atoms with Crippen molar-refractivity contribution in [1.82, 2.24) is 15.0 Å². The molecule has 3 heterocycles. The van der Waals surface area contributed by atoms with Gasteiger partial charge in [0.2, 0.25) is 0 Å². The molecule has 4 nitrogen and oxygen atoms in total. The molecule has 3 aromatic heterocycles. The van der Waals surface area contributed by atoms with Crippen molar-refractivity contribution in [2.75, 3.05) is 5.73 Å². The molecule has 0 amide bonds. The molecule has 4 heteroatoms. The van der Waals surface area contributed by atoms with Gasteiger partial charge in [-0.25, -0.2) is 4.98 Å². The molecule has 0 aliphatic rings. The fraction of sp³-hybridized carbons (Fsp3) is 0. The molecular weight excluding hydrogens is 236 g/mol. The average molecular weight is 248 g/mol. The number of nitrogens with two attached hydrogens (primary N) is 1. The number of rotatable bonds is 2. The van der Waals surface area contributed by atoms with E-state index in [9.17, 15) is 0 Å². The monoisotopic (exact) mass is 248 g/mol. The molecule has 92 valence electrons. The van der Waals surface area contributed by atoms with Crippen LogP contribution < -0.4 is 5.73 Å². The molecule has 0 saturated carbocycles. The molecule has 0 aliphatic carbocycles. The minimum absolute atomic E-state index is 0.619. The third-order valence-corrected chi connectivity index (χ3v) is 2.76. The van der Waals surface area contributed by atoms with E-state index in [1.165, 1.54) is 0 Å². The second-order valence-corrected chi connectivity index (χ2v) is 4.06. The maximum atomic E-state index is 5.92. The van der Waals surface area contributed by atoms with Crippen LogP contribution in [0.3, 0.4) is 0 Å². The minimum atomic E-state index is 0.619. The van der Waals surface area contributed by atoms with Gasteiger partial charge in [-0.3, -0.25) is 9.97 Å². The summed E-state index contributed by atoms with van der Waals surface area (Å²) >= 11 is 0. The summed E-state index contributed by atoms with van der Waals surface area (Å²) in [6, 6.07) is 15.1. The first-order valence-corrected chi connectivity index (χ1v) is 5.94. The van der Waals surface area contributed by atoms with Crippen LogP contribution in [-0.2, 0) is 0 Å². The molecule has 0 bridgehead atoms. The van der Waals surface area contributed by atoms with E-state index in [1.54, 1.807) is 18.5 Å². The Kier molecular flexibility index (Phi) is 2.90. The number of nitrogen functional groups attached to an aromatic ring is 1. The zero-order valence-corrected chi connectivity index (χ0v) is 10.2. The second-order valence-electron chi connectivity index (χ2n) is 4.06. The minimum Gasteiger partial charge on any atom is -0.397 e. The van der Waals surface area contributed by atoms with E-state index in [2.05, 4.69) is 15.0 Å². The van der Waals surface area contributed by atoms with Gasteiger partial charge in [0.15, 0.2) is 0 Å². The fourth-order valence-electron chi connectivity index (χ4n) is 1.86. The van der Waals surface area contributed by atoms with Crippen LogP contribution in [0.2, 0.25) is 0 Å². The molecule has 0 fully saturated rings. The van der Waals surface area contributed by atoms with Gasteiger partial charge < -0.3 is 5.73 Å². The van der Waals surface area contributed by atoms with E-state index in [-0.39, 0.29) is 0 Å². The Balaban J connectivity index is 2.09. The van der Waals surface area contributed by atoms with Gasteiger partial charge in [-0.2, -0.15) is 0 Å². The Morgan fingerprint density at radius 3 is 2.26 bits per heavy atom. The van der Waals surface area contributed by atoms with Gasteiger partial charge in [0, 0.05) is 12.4 Å². The molecular formula is C15H12N4. The predicted molar refractivity (Wildman–Crippen MR) is 75.1 cm³/mol. The summed E-state index contributed by atoms with van der Waals surface area (Å²) in [4.78, 5) is 13.1. The Hall–Kier alpha value is -2.75. The SMILES string of the molecule is Nc1cccnc1-c1cccc(-c2ccccn2)n1. The van der Waals surface area contributed by atoms with E-state index in [0.717, 1.165) is 17.1 Å². The van der Waals surface area contributed by atoms with Gasteiger partial charge in [-0.15, -0.1) is 0 Å². The van der Waals surface area contributed by atoms with Crippen molar-refractivity contribution in [1.29, 1.82) is 0 Å². The predicted octanol–water partition coefficient (Wildman–Crippen LogP) is 2.79. The maximum Gasteiger partial charge on any atom is 0.111 e. The third-order valence-electron chi connectivity index (χ3n) is 2.76. The molecule has 0 atom stereocenters. The highest BCUT2D eigenvalue weighted by Gasteiger charge is 2.07. The van der Waals surface area contributed by atoms with Crippen molar-refractivity contribution >= 4 is 5.69 Å². The lowest BCUT2D eigenvalue weighted by Gasteiger charge is -2.05. The lowest BCUT2D eigenvalue weighted by molar-refractivity contribution is 1.22. The zero-order valence-electron chi connectivity index (χ0n) is 10.2. The van der Waals surface area contributed by atoms with Crippen LogP contribution in [0.25, 0.3) is 22.8 Å². The summed E-state index contributed by atoms with van der Waals surface area (Å²) < 4.78 is 0. The molecule has 0 radical (unpaired) electrons. The van der Waals surface area contributed by atoms with Crippen molar-refractivity contribution in [3.8, 4) is 22.8 Å². The van der Waals surface area contributed by atoms with Crippen LogP contribution in [-0.4, -0.2) is 15.0 Å². The highest BCUT2D eigenvalue weighted by Crippen LogP contribution is 2.23. The second kappa shape index (κ2) is 4.86. The summed E-state index contributed by atoms with van der Waals surface area (Å²) in [5.41, 5.74) is 9.63. The van der Waals surface area contributed by atoms with Crippen LogP contribution in [0.15, 0.2) is 60.9 Å². The molecule has 0 unspecified atom stereocenters. The van der Waals surface area contributed by atoms with Gasteiger partial charge >= 0.3 is 0 Å². The van der Waals surface area contributed by atoms with Gasteiger partial charge in [-0.05, 0) is 36.4 Å². The van der Waals surface area contributed by atoms with E-state index >= 15 is 0 Å². The Morgan fingerprint density at radius 1 is 0.684 bits per heavy atom. The number of hydrogen-bond donors (Lipinski definition) is 1. The number of anilines is 1. The first kappa shape index (κ1) is 11.3. The number of pyridine rings is 3. The highest BCUT2D eigenvalue weighted by atomic mass is 14.8. The largest absolute Gasteiger partial charge is 0.397 e. The molecule has 3 aromatic rings. The van der Waals surface area contributed by atoms with E-state index in [1.807, 2.05) is 42.5 Å². The Labute approximate surface area is 111 Å². The van der Waals surface area contributed by atoms with Crippen LogP contribution in [0, 0.1) is 0 Å². The van der Waals surface area contributed by atoms with Crippen molar-refractivity contribution < 1.29 is 0 Å². The van der Waals surface area contributed by atoms with Crippen LogP contribution in [0.5, 0.6) is 0 Å². The van der Waals surface area contributed by atoms with Gasteiger partial charge in [0.05, 0.1) is 22.8 Å². The lowest BCUT2D eigenvalue weighted by Crippen LogP contribution is -1.95. The molecule has 2 N–H and O–H groups in total. The smallest absolute Gasteiger partial charge is 0.111 e. The summed E-state index contributed by atoms with van der Waals surface area (Å²) in [6.07, 6.45) is 3.46. The van der Waals surface area contributed by atoms with Crippen LogP contribution in [0.1, 0.15) is 0 Å². The highest BCUT2D eigenvalue weighted by molar-refractivity contribution is 5.71. The van der Waals surface area contributed by atoms with E-state index in [0.29, 0.717) is 11.4 Å². The summed E-state index contributed by atoms with van der Waals surface area (Å²) in [7, 11) is 0. The number of nitrogens with zero attached hydrogens (tertiary/aromatic N) is 3. The van der Waals surface area contributed by atoms with E-state index in [4.69, 9.17) is 5.73 Å². The van der Waals surface area contributed by atoms with Gasteiger partial charge in [0.25, 0.3) is 0 Å². The van der Waals surface area contributed by atoms with Crippen LogP contribution >= 0.6 is 0 Å². The van der Waals surface area contributed by atoms with Crippen molar-refractivity contribution in [3.05, 3.63) is 60.9 Å². The van der Waals surface area contributed by atoms with Gasteiger partial charge in [0.1, 0.15) is 5.69 Å². The Morgan fingerprint density at radius 2 is 1.47 bits per heavy atom. The van der Waals surface area contributed by atoms with Gasteiger partial charge in [-0.1, -0.05) is 12.1 Å². The van der Waals surface area contributed by atoms with Crippen LogP contribution in [0.4, 0.5) is 5.69 Å². The molecule has 3 rings (SSSR count).